The highest BCUT2D eigenvalue weighted by Crippen LogP contribution is 2.18. The van der Waals surface area contributed by atoms with Gasteiger partial charge in [-0.3, -0.25) is 4.79 Å². The Kier molecular flexibility index (Phi) is 4.20. The maximum absolute atomic E-state index is 12.0. The predicted molar refractivity (Wildman–Crippen MR) is 79.9 cm³/mol. The van der Waals surface area contributed by atoms with Gasteiger partial charge in [-0.05, 0) is 39.0 Å². The fourth-order valence-corrected chi connectivity index (χ4v) is 1.73. The molecule has 106 valence electrons. The number of benzene rings is 1. The van der Waals surface area contributed by atoms with E-state index in [1.54, 1.807) is 10.9 Å². The van der Waals surface area contributed by atoms with E-state index in [-0.39, 0.29) is 18.0 Å². The van der Waals surface area contributed by atoms with Gasteiger partial charge in [-0.15, -0.1) is 0 Å². The first-order valence-electron chi connectivity index (χ1n) is 6.60. The minimum Gasteiger partial charge on any atom is -0.323 e. The minimum atomic E-state index is -0.0845. The molecular formula is C15H20N4O. The van der Waals surface area contributed by atoms with Gasteiger partial charge in [0.25, 0.3) is 0 Å². The van der Waals surface area contributed by atoms with Crippen molar-refractivity contribution >= 4 is 11.6 Å². The van der Waals surface area contributed by atoms with Gasteiger partial charge >= 0.3 is 0 Å². The van der Waals surface area contributed by atoms with Gasteiger partial charge in [0.1, 0.15) is 0 Å². The number of amides is 1. The zero-order valence-corrected chi connectivity index (χ0v) is 12.1. The number of nitrogens with one attached hydrogen (secondary N) is 2. The lowest BCUT2D eigenvalue weighted by atomic mass is 10.1. The average molecular weight is 272 g/mol. The smallest absolute Gasteiger partial charge is 0.238 e. The maximum Gasteiger partial charge on any atom is 0.238 e. The topological polar surface area (TPSA) is 59.0 Å². The molecule has 0 fully saturated rings. The zero-order valence-electron chi connectivity index (χ0n) is 12.1. The quantitative estimate of drug-likeness (QED) is 0.897. The number of carbonyl (C=O) groups excluding carboxylic acids is 1. The van der Waals surface area contributed by atoms with Gasteiger partial charge in [0.15, 0.2) is 0 Å². The van der Waals surface area contributed by atoms with Crippen molar-refractivity contribution in [3.63, 3.8) is 0 Å². The molecule has 0 saturated heterocycles. The Bertz CT molecular complexity index is 570. The molecule has 2 N–H and O–H groups in total. The van der Waals surface area contributed by atoms with Crippen LogP contribution >= 0.6 is 0 Å². The van der Waals surface area contributed by atoms with E-state index >= 15 is 0 Å². The number of carbonyl (C=O) groups is 1. The van der Waals surface area contributed by atoms with Crippen molar-refractivity contribution in [2.75, 3.05) is 11.9 Å². The first-order valence-corrected chi connectivity index (χ1v) is 6.60. The van der Waals surface area contributed by atoms with E-state index in [4.69, 9.17) is 0 Å². The van der Waals surface area contributed by atoms with Gasteiger partial charge in [0, 0.05) is 17.9 Å². The van der Waals surface area contributed by atoms with Crippen molar-refractivity contribution in [3.05, 3.63) is 42.7 Å². The van der Waals surface area contributed by atoms with Crippen LogP contribution in [0.2, 0.25) is 0 Å². The van der Waals surface area contributed by atoms with Crippen molar-refractivity contribution in [1.29, 1.82) is 0 Å². The molecule has 0 atom stereocenters. The molecule has 1 amide bonds. The van der Waals surface area contributed by atoms with Crippen LogP contribution in [0, 0.1) is 0 Å². The fourth-order valence-electron chi connectivity index (χ4n) is 1.73. The highest BCUT2D eigenvalue weighted by atomic mass is 16.1. The van der Waals surface area contributed by atoms with E-state index in [0.29, 0.717) is 0 Å². The molecule has 0 aliphatic heterocycles. The van der Waals surface area contributed by atoms with E-state index in [0.717, 1.165) is 11.4 Å². The summed E-state index contributed by atoms with van der Waals surface area (Å²) in [7, 11) is 0. The molecule has 5 heteroatoms. The molecule has 5 nitrogen and oxygen atoms in total. The van der Waals surface area contributed by atoms with Gasteiger partial charge in [-0.25, -0.2) is 4.68 Å². The number of anilines is 1. The van der Waals surface area contributed by atoms with Crippen molar-refractivity contribution in [2.24, 2.45) is 0 Å². The van der Waals surface area contributed by atoms with Crippen LogP contribution in [0.1, 0.15) is 20.8 Å². The monoisotopic (exact) mass is 272 g/mol. The molecule has 20 heavy (non-hydrogen) atoms. The molecular weight excluding hydrogens is 252 g/mol. The lowest BCUT2D eigenvalue weighted by Crippen LogP contribution is -2.41. The second-order valence-electron chi connectivity index (χ2n) is 5.62. The molecule has 2 aromatic rings. The highest BCUT2D eigenvalue weighted by Gasteiger charge is 2.12. The fraction of sp³-hybridized carbons (Fsp3) is 0.333. The summed E-state index contributed by atoms with van der Waals surface area (Å²) < 4.78 is 1.73. The van der Waals surface area contributed by atoms with Gasteiger partial charge in [0.2, 0.25) is 5.91 Å². The first kappa shape index (κ1) is 14.3. The number of para-hydroxylation sites is 2. The number of aromatic nitrogens is 2. The lowest BCUT2D eigenvalue weighted by Gasteiger charge is -2.20. The summed E-state index contributed by atoms with van der Waals surface area (Å²) in [6, 6.07) is 9.44. The summed E-state index contributed by atoms with van der Waals surface area (Å²) in [6.07, 6.45) is 3.55. The molecule has 1 heterocycles. The Morgan fingerprint density at radius 3 is 2.65 bits per heavy atom. The number of rotatable bonds is 4. The molecule has 2 rings (SSSR count). The third-order valence-corrected chi connectivity index (χ3v) is 2.71. The van der Waals surface area contributed by atoms with Crippen molar-refractivity contribution < 1.29 is 4.79 Å². The van der Waals surface area contributed by atoms with E-state index in [1.165, 1.54) is 0 Å². The van der Waals surface area contributed by atoms with Crippen LogP contribution in [0.3, 0.4) is 0 Å². The van der Waals surface area contributed by atoms with Gasteiger partial charge in [0.05, 0.1) is 17.9 Å². The van der Waals surface area contributed by atoms with E-state index in [1.807, 2.05) is 57.3 Å². The van der Waals surface area contributed by atoms with E-state index < -0.39 is 0 Å². The number of hydrogen-bond acceptors (Lipinski definition) is 3. The van der Waals surface area contributed by atoms with Crippen molar-refractivity contribution in [1.82, 2.24) is 15.1 Å². The molecule has 0 aliphatic rings. The van der Waals surface area contributed by atoms with Crippen LogP contribution in [0.25, 0.3) is 5.69 Å². The largest absolute Gasteiger partial charge is 0.323 e. The van der Waals surface area contributed by atoms with Gasteiger partial charge in [-0.1, -0.05) is 12.1 Å². The minimum absolute atomic E-state index is 0.0699. The Morgan fingerprint density at radius 1 is 1.25 bits per heavy atom. The Morgan fingerprint density at radius 2 is 2.00 bits per heavy atom. The Balaban J connectivity index is 2.08. The van der Waals surface area contributed by atoms with Crippen LogP contribution in [0.5, 0.6) is 0 Å². The molecule has 0 unspecified atom stereocenters. The molecule has 1 aromatic carbocycles. The van der Waals surface area contributed by atoms with Crippen molar-refractivity contribution in [3.8, 4) is 5.69 Å². The Labute approximate surface area is 119 Å². The predicted octanol–water partition coefficient (Wildman–Crippen LogP) is 2.20. The second-order valence-corrected chi connectivity index (χ2v) is 5.62. The molecule has 0 saturated carbocycles. The molecule has 0 bridgehead atoms. The normalized spacial score (nSPS) is 11.3. The maximum atomic E-state index is 12.0. The third kappa shape index (κ3) is 3.93. The van der Waals surface area contributed by atoms with Crippen LogP contribution < -0.4 is 10.6 Å². The summed E-state index contributed by atoms with van der Waals surface area (Å²) in [4.78, 5) is 12.0. The molecule has 0 radical (unpaired) electrons. The standard InChI is InChI=1S/C15H20N4O/c1-15(2,3)16-11-14(20)18-12-7-4-5-8-13(12)19-10-6-9-17-19/h4-10,16H,11H2,1-3H3,(H,18,20). The van der Waals surface area contributed by atoms with Crippen LogP contribution in [0.15, 0.2) is 42.7 Å². The number of hydrogen-bond donors (Lipinski definition) is 2. The van der Waals surface area contributed by atoms with E-state index in [2.05, 4.69) is 15.7 Å². The van der Waals surface area contributed by atoms with Crippen LogP contribution in [-0.2, 0) is 4.79 Å². The Hall–Kier alpha value is -2.14. The van der Waals surface area contributed by atoms with Crippen LogP contribution in [-0.4, -0.2) is 27.8 Å². The zero-order chi connectivity index (χ0) is 14.6. The third-order valence-electron chi connectivity index (χ3n) is 2.71. The van der Waals surface area contributed by atoms with E-state index in [9.17, 15) is 4.79 Å². The van der Waals surface area contributed by atoms with Crippen molar-refractivity contribution in [2.45, 2.75) is 26.3 Å². The van der Waals surface area contributed by atoms with Gasteiger partial charge < -0.3 is 10.6 Å². The molecule has 1 aromatic heterocycles. The van der Waals surface area contributed by atoms with Crippen LogP contribution in [0.4, 0.5) is 5.69 Å². The molecule has 0 aliphatic carbocycles. The summed E-state index contributed by atoms with van der Waals surface area (Å²) in [5.41, 5.74) is 1.51. The second kappa shape index (κ2) is 5.88. The highest BCUT2D eigenvalue weighted by molar-refractivity contribution is 5.94. The van der Waals surface area contributed by atoms with Gasteiger partial charge in [-0.2, -0.15) is 5.10 Å². The molecule has 0 spiro atoms. The summed E-state index contributed by atoms with van der Waals surface area (Å²) in [6.45, 7) is 6.35. The SMILES string of the molecule is CC(C)(C)NCC(=O)Nc1ccccc1-n1cccn1. The summed E-state index contributed by atoms with van der Waals surface area (Å²) >= 11 is 0. The summed E-state index contributed by atoms with van der Waals surface area (Å²) in [5.74, 6) is -0.0699. The first-order chi connectivity index (χ1) is 9.46. The average Bonchev–Trinajstić information content (AvgIpc) is 2.90. The number of nitrogens with zero attached hydrogens (tertiary/aromatic N) is 2. The lowest BCUT2D eigenvalue weighted by molar-refractivity contribution is -0.115. The summed E-state index contributed by atoms with van der Waals surface area (Å²) in [5, 5.41) is 10.3.